The highest BCUT2D eigenvalue weighted by molar-refractivity contribution is 7.23. The van der Waals surface area contributed by atoms with Crippen molar-refractivity contribution < 1.29 is 0 Å². The van der Waals surface area contributed by atoms with E-state index in [2.05, 4.69) is 208 Å². The summed E-state index contributed by atoms with van der Waals surface area (Å²) in [4.78, 5) is 16.9. The maximum Gasteiger partial charge on any atom is 0.151 e. The number of para-hydroxylation sites is 4. The predicted molar refractivity (Wildman–Crippen MR) is 233 cm³/mol. The van der Waals surface area contributed by atoms with Gasteiger partial charge in [0.2, 0.25) is 0 Å². The molecule has 0 saturated heterocycles. The standard InChI is InChI=1S/C48H37N5S2/c1-2-51-46(36-25-29-42(30-26-36)53(39-19-11-5-12-20-39)40-21-13-6-14-22-40)45(50-47(51)43-31-32-44(55-43)48-49-33-34-54-48)35-23-27-41(28-24-35)52(37-15-7-3-8-16-37)38-17-9-4-10-18-38/h3-34H,2H2,1H3. The number of thiophene rings is 1. The lowest BCUT2D eigenvalue weighted by Crippen LogP contribution is -2.09. The second kappa shape index (κ2) is 15.4. The van der Waals surface area contributed by atoms with Crippen LogP contribution in [-0.2, 0) is 6.54 Å². The van der Waals surface area contributed by atoms with Crippen molar-refractivity contribution in [3.8, 4) is 43.1 Å². The van der Waals surface area contributed by atoms with Gasteiger partial charge < -0.3 is 14.4 Å². The molecule has 6 aromatic carbocycles. The van der Waals surface area contributed by atoms with E-state index in [1.807, 2.05) is 11.6 Å². The van der Waals surface area contributed by atoms with Gasteiger partial charge in [0.1, 0.15) is 5.01 Å². The number of anilines is 6. The van der Waals surface area contributed by atoms with Crippen molar-refractivity contribution in [1.82, 2.24) is 14.5 Å². The molecule has 5 nitrogen and oxygen atoms in total. The van der Waals surface area contributed by atoms with Gasteiger partial charge in [0, 0.05) is 63.4 Å². The molecule has 0 amide bonds. The summed E-state index contributed by atoms with van der Waals surface area (Å²) in [6.07, 6.45) is 1.86. The van der Waals surface area contributed by atoms with Gasteiger partial charge in [-0.2, -0.15) is 0 Å². The van der Waals surface area contributed by atoms with Gasteiger partial charge in [0.25, 0.3) is 0 Å². The maximum absolute atomic E-state index is 5.47. The number of hydrogen-bond donors (Lipinski definition) is 0. The Morgan fingerprint density at radius 2 is 0.927 bits per heavy atom. The summed E-state index contributed by atoms with van der Waals surface area (Å²) < 4.78 is 2.36. The zero-order chi connectivity index (χ0) is 37.0. The van der Waals surface area contributed by atoms with E-state index in [1.165, 1.54) is 0 Å². The first-order valence-corrected chi connectivity index (χ1v) is 20.1. The van der Waals surface area contributed by atoms with Crippen molar-refractivity contribution in [1.29, 1.82) is 0 Å². The average molecular weight is 748 g/mol. The Bertz CT molecular complexity index is 2520. The van der Waals surface area contributed by atoms with E-state index >= 15 is 0 Å². The number of thiazole rings is 1. The molecule has 0 atom stereocenters. The third kappa shape index (κ3) is 6.87. The molecule has 0 fully saturated rings. The smallest absolute Gasteiger partial charge is 0.151 e. The fourth-order valence-corrected chi connectivity index (χ4v) is 8.82. The molecule has 0 aliphatic carbocycles. The molecule has 3 aromatic heterocycles. The lowest BCUT2D eigenvalue weighted by Gasteiger charge is -2.26. The van der Waals surface area contributed by atoms with Crippen molar-refractivity contribution in [2.45, 2.75) is 13.5 Å². The minimum Gasteiger partial charge on any atom is -0.323 e. The van der Waals surface area contributed by atoms with Crippen LogP contribution in [-0.4, -0.2) is 14.5 Å². The van der Waals surface area contributed by atoms with Gasteiger partial charge in [0.05, 0.1) is 21.1 Å². The first-order valence-electron chi connectivity index (χ1n) is 18.4. The zero-order valence-electron chi connectivity index (χ0n) is 30.2. The number of rotatable bonds is 11. The van der Waals surface area contributed by atoms with Gasteiger partial charge in [-0.1, -0.05) is 97.1 Å². The summed E-state index contributed by atoms with van der Waals surface area (Å²) in [5.74, 6) is 0.957. The van der Waals surface area contributed by atoms with E-state index in [0.29, 0.717) is 0 Å². The maximum atomic E-state index is 5.47. The first kappa shape index (κ1) is 34.2. The van der Waals surface area contributed by atoms with Crippen LogP contribution < -0.4 is 9.80 Å². The van der Waals surface area contributed by atoms with Crippen LogP contribution in [0.15, 0.2) is 194 Å². The summed E-state index contributed by atoms with van der Waals surface area (Å²) in [6.45, 7) is 2.97. The molecule has 0 aliphatic rings. The number of hydrogen-bond acceptors (Lipinski definition) is 6. The Kier molecular flexibility index (Phi) is 9.61. The number of benzene rings is 6. The molecule has 0 N–H and O–H groups in total. The summed E-state index contributed by atoms with van der Waals surface area (Å²) in [5.41, 5.74) is 10.8. The lowest BCUT2D eigenvalue weighted by molar-refractivity contribution is 0.779. The van der Waals surface area contributed by atoms with Crippen molar-refractivity contribution >= 4 is 56.8 Å². The molecule has 3 heterocycles. The van der Waals surface area contributed by atoms with Crippen molar-refractivity contribution in [3.63, 3.8) is 0 Å². The van der Waals surface area contributed by atoms with Gasteiger partial charge in [-0.25, -0.2) is 9.97 Å². The second-order valence-electron chi connectivity index (χ2n) is 13.0. The summed E-state index contributed by atoms with van der Waals surface area (Å²) in [6, 6.07) is 64.2. The summed E-state index contributed by atoms with van der Waals surface area (Å²) in [5, 5.41) is 3.05. The third-order valence-corrected chi connectivity index (χ3v) is 11.6. The monoisotopic (exact) mass is 747 g/mol. The Morgan fingerprint density at radius 3 is 1.36 bits per heavy atom. The van der Waals surface area contributed by atoms with E-state index in [1.54, 1.807) is 22.7 Å². The first-order chi connectivity index (χ1) is 27.2. The van der Waals surface area contributed by atoms with Crippen LogP contribution in [0.4, 0.5) is 34.1 Å². The molecule has 7 heteroatoms. The minimum atomic E-state index is 0.762. The summed E-state index contributed by atoms with van der Waals surface area (Å²) >= 11 is 3.40. The van der Waals surface area contributed by atoms with Crippen LogP contribution in [0.3, 0.4) is 0 Å². The van der Waals surface area contributed by atoms with Crippen molar-refractivity contribution in [2.75, 3.05) is 9.80 Å². The van der Waals surface area contributed by atoms with Crippen LogP contribution in [0.1, 0.15) is 6.92 Å². The quantitative estimate of drug-likeness (QED) is 0.132. The van der Waals surface area contributed by atoms with Gasteiger partial charge in [-0.05, 0) is 91.9 Å². The SMILES string of the molecule is CCn1c(-c2ccc(-c3nccs3)s2)nc(-c2ccc(N(c3ccccc3)c3ccccc3)cc2)c1-c1ccc(N(c2ccccc2)c2ccccc2)cc1. The molecule has 0 aliphatic heterocycles. The zero-order valence-corrected chi connectivity index (χ0v) is 31.9. The molecular formula is C48H37N5S2. The Labute approximate surface area is 329 Å². The Hall–Kier alpha value is -6.54. The number of aromatic nitrogens is 3. The fourth-order valence-electron chi connectivity index (χ4n) is 7.10. The molecule has 0 spiro atoms. The van der Waals surface area contributed by atoms with Crippen molar-refractivity contribution in [3.05, 3.63) is 194 Å². The lowest BCUT2D eigenvalue weighted by atomic mass is 10.0. The Morgan fingerprint density at radius 1 is 0.491 bits per heavy atom. The molecule has 0 unspecified atom stereocenters. The van der Waals surface area contributed by atoms with E-state index in [4.69, 9.17) is 4.98 Å². The second-order valence-corrected chi connectivity index (χ2v) is 15.0. The van der Waals surface area contributed by atoms with E-state index in [9.17, 15) is 0 Å². The van der Waals surface area contributed by atoms with Gasteiger partial charge in [0.15, 0.2) is 5.82 Å². The molecule has 266 valence electrons. The molecule has 55 heavy (non-hydrogen) atoms. The van der Waals surface area contributed by atoms with Gasteiger partial charge in [-0.3, -0.25) is 0 Å². The molecule has 9 rings (SSSR count). The van der Waals surface area contributed by atoms with Crippen molar-refractivity contribution in [2.24, 2.45) is 0 Å². The predicted octanol–water partition coefficient (Wildman–Crippen LogP) is 14.0. The van der Waals surface area contributed by atoms with Gasteiger partial charge >= 0.3 is 0 Å². The largest absolute Gasteiger partial charge is 0.323 e. The van der Waals surface area contributed by atoms with E-state index < -0.39 is 0 Å². The fraction of sp³-hybridized carbons (Fsp3) is 0.0417. The van der Waals surface area contributed by atoms with Crippen LogP contribution >= 0.6 is 22.7 Å². The normalized spacial score (nSPS) is 11.1. The topological polar surface area (TPSA) is 37.2 Å². The minimum absolute atomic E-state index is 0.762. The van der Waals surface area contributed by atoms with Crippen LogP contribution in [0.2, 0.25) is 0 Å². The molecule has 9 aromatic rings. The molecule has 0 bridgehead atoms. The molecule has 0 radical (unpaired) electrons. The Balaban J connectivity index is 1.16. The highest BCUT2D eigenvalue weighted by Crippen LogP contribution is 2.43. The third-order valence-electron chi connectivity index (χ3n) is 9.61. The van der Waals surface area contributed by atoms with E-state index in [-0.39, 0.29) is 0 Å². The van der Waals surface area contributed by atoms with E-state index in [0.717, 1.165) is 83.8 Å². The highest BCUT2D eigenvalue weighted by atomic mass is 32.1. The van der Waals surface area contributed by atoms with Crippen LogP contribution in [0.25, 0.3) is 43.1 Å². The summed E-state index contributed by atoms with van der Waals surface area (Å²) in [7, 11) is 0. The molecular weight excluding hydrogens is 711 g/mol. The van der Waals surface area contributed by atoms with Crippen LogP contribution in [0, 0.1) is 0 Å². The number of nitrogens with zero attached hydrogens (tertiary/aromatic N) is 5. The average Bonchev–Trinajstić information content (AvgIpc) is 4.04. The van der Waals surface area contributed by atoms with Crippen LogP contribution in [0.5, 0.6) is 0 Å². The highest BCUT2D eigenvalue weighted by Gasteiger charge is 2.23. The molecule has 0 saturated carbocycles. The number of imidazole rings is 1. The van der Waals surface area contributed by atoms with Gasteiger partial charge in [-0.15, -0.1) is 22.7 Å².